The van der Waals surface area contributed by atoms with Crippen LogP contribution >= 0.6 is 0 Å². The van der Waals surface area contributed by atoms with Gasteiger partial charge in [0.05, 0.1) is 12.7 Å². The molecule has 5 nitrogen and oxygen atoms in total. The summed E-state index contributed by atoms with van der Waals surface area (Å²) in [6.07, 6.45) is 0.487. The molecule has 0 bridgehead atoms. The maximum absolute atomic E-state index is 12.8. The molecule has 1 aliphatic rings. The van der Waals surface area contributed by atoms with E-state index in [-0.39, 0.29) is 11.7 Å². The SMILES string of the molecule is COC1=C(c2c(C)cc(C)cc2C)C(=O)CC1CCNC(=O)Oc1ccccc1. The van der Waals surface area contributed by atoms with Gasteiger partial charge >= 0.3 is 6.09 Å². The van der Waals surface area contributed by atoms with Gasteiger partial charge in [-0.15, -0.1) is 0 Å². The standard InChI is InChI=1S/C24H27NO4/c1-15-12-16(2)21(17(3)13-15)22-20(26)14-18(23(22)28-4)10-11-25-24(27)29-19-8-6-5-7-9-19/h5-9,12-13,18H,10-11,14H2,1-4H3,(H,25,27). The van der Waals surface area contributed by atoms with Crippen molar-refractivity contribution in [3.63, 3.8) is 0 Å². The third kappa shape index (κ3) is 4.67. The van der Waals surface area contributed by atoms with Crippen LogP contribution in [0.15, 0.2) is 48.2 Å². The summed E-state index contributed by atoms with van der Waals surface area (Å²) in [5, 5.41) is 2.75. The number of allylic oxidation sites excluding steroid dienone is 2. The minimum absolute atomic E-state index is 0.0559. The Morgan fingerprint density at radius 3 is 2.38 bits per heavy atom. The summed E-state index contributed by atoms with van der Waals surface area (Å²) < 4.78 is 10.9. The first-order chi connectivity index (χ1) is 13.9. The Labute approximate surface area is 171 Å². The molecule has 2 aromatic carbocycles. The van der Waals surface area contributed by atoms with Crippen molar-refractivity contribution in [1.82, 2.24) is 5.32 Å². The maximum atomic E-state index is 12.8. The zero-order chi connectivity index (χ0) is 21.0. The Balaban J connectivity index is 1.70. The highest BCUT2D eigenvalue weighted by Gasteiger charge is 2.35. The number of ketones is 1. The molecule has 1 aliphatic carbocycles. The number of ether oxygens (including phenoxy) is 2. The van der Waals surface area contributed by atoms with Crippen molar-refractivity contribution in [2.45, 2.75) is 33.6 Å². The number of nitrogens with one attached hydrogen (secondary N) is 1. The molecule has 0 fully saturated rings. The van der Waals surface area contributed by atoms with Crippen molar-refractivity contribution in [3.8, 4) is 5.75 Å². The van der Waals surface area contributed by atoms with Crippen molar-refractivity contribution < 1.29 is 19.1 Å². The zero-order valence-electron chi connectivity index (χ0n) is 17.4. The van der Waals surface area contributed by atoms with Crippen LogP contribution in [0.25, 0.3) is 5.57 Å². The van der Waals surface area contributed by atoms with E-state index < -0.39 is 6.09 Å². The highest BCUT2D eigenvalue weighted by atomic mass is 16.6. The fourth-order valence-corrected chi connectivity index (χ4v) is 4.08. The van der Waals surface area contributed by atoms with E-state index in [1.165, 1.54) is 5.56 Å². The Bertz CT molecular complexity index is 924. The van der Waals surface area contributed by atoms with Gasteiger partial charge in [0.2, 0.25) is 0 Å². The minimum Gasteiger partial charge on any atom is -0.500 e. The molecule has 1 N–H and O–H groups in total. The fraction of sp³-hybridized carbons (Fsp3) is 0.333. The van der Waals surface area contributed by atoms with Crippen LogP contribution in [-0.2, 0) is 9.53 Å². The van der Waals surface area contributed by atoms with Crippen molar-refractivity contribution in [1.29, 1.82) is 0 Å². The first-order valence-electron chi connectivity index (χ1n) is 9.81. The molecule has 5 heteroatoms. The molecular formula is C24H27NO4. The summed E-state index contributed by atoms with van der Waals surface area (Å²) >= 11 is 0. The molecule has 152 valence electrons. The molecule has 0 heterocycles. The second-order valence-corrected chi connectivity index (χ2v) is 7.46. The van der Waals surface area contributed by atoms with Crippen LogP contribution in [0.5, 0.6) is 5.75 Å². The van der Waals surface area contributed by atoms with E-state index in [1.54, 1.807) is 31.4 Å². The predicted octanol–water partition coefficient (Wildman–Crippen LogP) is 4.74. The summed E-state index contributed by atoms with van der Waals surface area (Å²) in [5.74, 6) is 1.24. The number of Topliss-reactive ketones (excluding diaryl/α,β-unsaturated/α-hetero) is 1. The Kier molecular flexibility index (Phi) is 6.37. The quantitative estimate of drug-likeness (QED) is 0.770. The van der Waals surface area contributed by atoms with Crippen LogP contribution in [0.4, 0.5) is 4.79 Å². The highest BCUT2D eigenvalue weighted by molar-refractivity contribution is 6.24. The van der Waals surface area contributed by atoms with Crippen LogP contribution in [0.3, 0.4) is 0 Å². The van der Waals surface area contributed by atoms with E-state index in [4.69, 9.17) is 9.47 Å². The van der Waals surface area contributed by atoms with E-state index in [9.17, 15) is 9.59 Å². The molecule has 1 amide bonds. The van der Waals surface area contributed by atoms with Gasteiger partial charge in [0.25, 0.3) is 0 Å². The lowest BCUT2D eigenvalue weighted by atomic mass is 9.92. The summed E-state index contributed by atoms with van der Waals surface area (Å²) in [6.45, 7) is 6.50. The van der Waals surface area contributed by atoms with Gasteiger partial charge in [0.15, 0.2) is 5.78 Å². The molecule has 0 radical (unpaired) electrons. The largest absolute Gasteiger partial charge is 0.500 e. The summed E-state index contributed by atoms with van der Waals surface area (Å²) in [4.78, 5) is 24.8. The van der Waals surface area contributed by atoms with Gasteiger partial charge in [0.1, 0.15) is 11.5 Å². The summed E-state index contributed by atoms with van der Waals surface area (Å²) in [7, 11) is 1.61. The number of aryl methyl sites for hydroxylation is 3. The number of methoxy groups -OCH3 is 1. The summed E-state index contributed by atoms with van der Waals surface area (Å²) in [5.41, 5.74) is 4.97. The van der Waals surface area contributed by atoms with Crippen LogP contribution in [0.1, 0.15) is 35.1 Å². The normalized spacial score (nSPS) is 16.1. The van der Waals surface area contributed by atoms with Gasteiger partial charge in [0, 0.05) is 18.9 Å². The van der Waals surface area contributed by atoms with E-state index in [0.29, 0.717) is 36.5 Å². The van der Waals surface area contributed by atoms with E-state index in [2.05, 4.69) is 24.4 Å². The van der Waals surface area contributed by atoms with Gasteiger partial charge in [-0.05, 0) is 56.0 Å². The molecule has 0 saturated carbocycles. The average Bonchev–Trinajstić information content (AvgIpc) is 2.97. The number of hydrogen-bond acceptors (Lipinski definition) is 4. The van der Waals surface area contributed by atoms with Crippen molar-refractivity contribution in [2.24, 2.45) is 5.92 Å². The topological polar surface area (TPSA) is 64.6 Å². The lowest BCUT2D eigenvalue weighted by Crippen LogP contribution is -2.29. The highest BCUT2D eigenvalue weighted by Crippen LogP contribution is 2.40. The van der Waals surface area contributed by atoms with E-state index >= 15 is 0 Å². The van der Waals surface area contributed by atoms with Gasteiger partial charge in [-0.25, -0.2) is 4.79 Å². The second-order valence-electron chi connectivity index (χ2n) is 7.46. The predicted molar refractivity (Wildman–Crippen MR) is 113 cm³/mol. The molecule has 0 spiro atoms. The van der Waals surface area contributed by atoms with E-state index in [1.807, 2.05) is 19.9 Å². The molecule has 29 heavy (non-hydrogen) atoms. The Morgan fingerprint density at radius 2 is 1.76 bits per heavy atom. The third-order valence-corrected chi connectivity index (χ3v) is 5.19. The number of amides is 1. The van der Waals surface area contributed by atoms with Crippen LogP contribution in [-0.4, -0.2) is 25.5 Å². The van der Waals surface area contributed by atoms with Gasteiger partial charge in [-0.2, -0.15) is 0 Å². The maximum Gasteiger partial charge on any atom is 0.412 e. The molecule has 3 rings (SSSR count). The molecule has 0 aromatic heterocycles. The number of carbonyl (C=O) groups is 2. The van der Waals surface area contributed by atoms with Crippen molar-refractivity contribution >= 4 is 17.4 Å². The molecule has 0 aliphatic heterocycles. The number of para-hydroxylation sites is 1. The number of benzene rings is 2. The average molecular weight is 393 g/mol. The molecule has 1 atom stereocenters. The number of rotatable bonds is 6. The molecular weight excluding hydrogens is 366 g/mol. The molecule has 2 aromatic rings. The first-order valence-corrected chi connectivity index (χ1v) is 9.81. The Hall–Kier alpha value is -3.08. The lowest BCUT2D eigenvalue weighted by molar-refractivity contribution is -0.113. The number of hydrogen-bond donors (Lipinski definition) is 1. The van der Waals surface area contributed by atoms with Crippen LogP contribution in [0, 0.1) is 26.7 Å². The van der Waals surface area contributed by atoms with Gasteiger partial charge < -0.3 is 14.8 Å². The Morgan fingerprint density at radius 1 is 1.10 bits per heavy atom. The summed E-state index contributed by atoms with van der Waals surface area (Å²) in [6, 6.07) is 13.1. The molecule has 0 saturated heterocycles. The van der Waals surface area contributed by atoms with Gasteiger partial charge in [-0.3, -0.25) is 4.79 Å². The van der Waals surface area contributed by atoms with Crippen LogP contribution < -0.4 is 10.1 Å². The smallest absolute Gasteiger partial charge is 0.412 e. The van der Waals surface area contributed by atoms with Gasteiger partial charge in [-0.1, -0.05) is 35.9 Å². The second kappa shape index (κ2) is 8.95. The van der Waals surface area contributed by atoms with Crippen molar-refractivity contribution in [2.75, 3.05) is 13.7 Å². The van der Waals surface area contributed by atoms with Crippen LogP contribution in [0.2, 0.25) is 0 Å². The van der Waals surface area contributed by atoms with E-state index in [0.717, 1.165) is 16.7 Å². The molecule has 1 unspecified atom stereocenters. The zero-order valence-corrected chi connectivity index (χ0v) is 17.4. The minimum atomic E-state index is -0.506. The number of carbonyl (C=O) groups excluding carboxylic acids is 2. The third-order valence-electron chi connectivity index (χ3n) is 5.19. The lowest BCUT2D eigenvalue weighted by Gasteiger charge is -2.16. The first kappa shape index (κ1) is 20.6. The van der Waals surface area contributed by atoms with Crippen molar-refractivity contribution in [3.05, 3.63) is 70.5 Å². The monoisotopic (exact) mass is 393 g/mol. The fourth-order valence-electron chi connectivity index (χ4n) is 4.08.